The lowest BCUT2D eigenvalue weighted by Gasteiger charge is -2.12. The number of rotatable bonds is 7. The molecule has 2 heterocycles. The van der Waals surface area contributed by atoms with Crippen LogP contribution in [0.15, 0.2) is 34.9 Å². The van der Waals surface area contributed by atoms with Gasteiger partial charge in [-0.05, 0) is 39.8 Å². The number of para-hydroxylation sites is 2. The van der Waals surface area contributed by atoms with Crippen molar-refractivity contribution in [2.24, 2.45) is 0 Å². The number of hydrogen-bond donors (Lipinski definition) is 1. The minimum atomic E-state index is -0.378. The van der Waals surface area contributed by atoms with Crippen LogP contribution in [0.4, 0.5) is 5.82 Å². The van der Waals surface area contributed by atoms with E-state index in [0.717, 1.165) is 5.69 Å². The van der Waals surface area contributed by atoms with Gasteiger partial charge >= 0.3 is 0 Å². The molecule has 0 bridgehead atoms. The largest absolute Gasteiger partial charge is 0.493 e. The molecule has 0 saturated heterocycles. The number of methoxy groups -OCH3 is 1. The van der Waals surface area contributed by atoms with Crippen molar-refractivity contribution in [1.29, 1.82) is 0 Å². The van der Waals surface area contributed by atoms with E-state index in [1.54, 1.807) is 30.8 Å². The molecule has 3 aromatic rings. The fraction of sp³-hybridized carbons (Fsp3) is 0.350. The lowest BCUT2D eigenvalue weighted by atomic mass is 10.2. The highest BCUT2D eigenvalue weighted by Gasteiger charge is 2.22. The highest BCUT2D eigenvalue weighted by molar-refractivity contribution is 6.03. The van der Waals surface area contributed by atoms with E-state index in [9.17, 15) is 4.79 Å². The summed E-state index contributed by atoms with van der Waals surface area (Å²) in [6.07, 6.45) is 0. The Morgan fingerprint density at radius 3 is 2.64 bits per heavy atom. The summed E-state index contributed by atoms with van der Waals surface area (Å²) in [4.78, 5) is 12.8. The van der Waals surface area contributed by atoms with E-state index in [2.05, 4.69) is 15.6 Å². The molecule has 8 nitrogen and oxygen atoms in total. The summed E-state index contributed by atoms with van der Waals surface area (Å²) in [6, 6.07) is 9.23. The molecule has 2 aromatic heterocycles. The minimum absolute atomic E-state index is 0.108. The second-order valence-electron chi connectivity index (χ2n) is 6.67. The van der Waals surface area contributed by atoms with Gasteiger partial charge in [-0.1, -0.05) is 17.3 Å². The number of aromatic nitrogens is 3. The van der Waals surface area contributed by atoms with Gasteiger partial charge in [0.2, 0.25) is 0 Å². The van der Waals surface area contributed by atoms with Gasteiger partial charge in [0.15, 0.2) is 17.2 Å². The summed E-state index contributed by atoms with van der Waals surface area (Å²) in [5.41, 5.74) is 1.58. The van der Waals surface area contributed by atoms with Crippen LogP contribution in [0.5, 0.6) is 11.5 Å². The third-order valence-electron chi connectivity index (χ3n) is 4.23. The third kappa shape index (κ3) is 4.00. The molecule has 148 valence electrons. The van der Waals surface area contributed by atoms with Crippen molar-refractivity contribution in [2.75, 3.05) is 12.4 Å². The van der Waals surface area contributed by atoms with Crippen molar-refractivity contribution in [3.63, 3.8) is 0 Å². The Bertz CT molecular complexity index is 974. The standard InChI is InChI=1S/C20H24N4O4/c1-12(2)24-18(10-13(3)22-24)21-20(25)19-15(14(4)28-23-19)11-27-17-9-7-6-8-16(17)26-5/h6-10,12H,11H2,1-5H3,(H,21,25). The highest BCUT2D eigenvalue weighted by atomic mass is 16.5. The molecule has 0 fully saturated rings. The first-order valence-corrected chi connectivity index (χ1v) is 8.99. The molecule has 8 heteroatoms. The number of benzene rings is 1. The highest BCUT2D eigenvalue weighted by Crippen LogP contribution is 2.28. The molecule has 0 aliphatic carbocycles. The van der Waals surface area contributed by atoms with Gasteiger partial charge in [0, 0.05) is 12.1 Å². The molecule has 28 heavy (non-hydrogen) atoms. The minimum Gasteiger partial charge on any atom is -0.493 e. The Morgan fingerprint density at radius 2 is 1.96 bits per heavy atom. The van der Waals surface area contributed by atoms with Crippen LogP contribution in [0.1, 0.15) is 47.4 Å². The lowest BCUT2D eigenvalue weighted by molar-refractivity contribution is 0.101. The first kappa shape index (κ1) is 19.5. The summed E-state index contributed by atoms with van der Waals surface area (Å²) in [5.74, 6) is 1.94. The molecule has 3 rings (SSSR count). The molecule has 0 saturated carbocycles. The quantitative estimate of drug-likeness (QED) is 0.664. The molecule has 1 aromatic carbocycles. The van der Waals surface area contributed by atoms with Crippen LogP contribution in [0, 0.1) is 13.8 Å². The van der Waals surface area contributed by atoms with Crippen molar-refractivity contribution >= 4 is 11.7 Å². The van der Waals surface area contributed by atoms with Crippen molar-refractivity contribution in [3.8, 4) is 11.5 Å². The molecule has 1 N–H and O–H groups in total. The van der Waals surface area contributed by atoms with Gasteiger partial charge in [-0.2, -0.15) is 5.10 Å². The van der Waals surface area contributed by atoms with E-state index >= 15 is 0 Å². The zero-order valence-corrected chi connectivity index (χ0v) is 16.6. The van der Waals surface area contributed by atoms with Gasteiger partial charge in [0.1, 0.15) is 18.2 Å². The molecule has 0 aliphatic heterocycles. The number of nitrogens with one attached hydrogen (secondary N) is 1. The lowest BCUT2D eigenvalue weighted by Crippen LogP contribution is -2.19. The fourth-order valence-corrected chi connectivity index (χ4v) is 2.81. The van der Waals surface area contributed by atoms with Crippen molar-refractivity contribution in [2.45, 2.75) is 40.3 Å². The first-order chi connectivity index (χ1) is 13.4. The van der Waals surface area contributed by atoms with E-state index in [1.807, 2.05) is 39.0 Å². The number of hydrogen-bond acceptors (Lipinski definition) is 6. The number of nitrogens with zero attached hydrogens (tertiary/aromatic N) is 3. The average molecular weight is 384 g/mol. The molecular formula is C20H24N4O4. The topological polar surface area (TPSA) is 91.4 Å². The van der Waals surface area contributed by atoms with E-state index in [1.165, 1.54) is 0 Å². The summed E-state index contributed by atoms with van der Waals surface area (Å²) in [7, 11) is 1.57. The molecule has 0 radical (unpaired) electrons. The number of anilines is 1. The summed E-state index contributed by atoms with van der Waals surface area (Å²) >= 11 is 0. The van der Waals surface area contributed by atoms with Crippen LogP contribution in [0.25, 0.3) is 0 Å². The first-order valence-electron chi connectivity index (χ1n) is 8.99. The molecular weight excluding hydrogens is 360 g/mol. The number of aryl methyl sites for hydroxylation is 2. The van der Waals surface area contributed by atoms with Crippen molar-refractivity contribution in [1.82, 2.24) is 14.9 Å². The van der Waals surface area contributed by atoms with Crippen LogP contribution in [-0.2, 0) is 6.61 Å². The summed E-state index contributed by atoms with van der Waals surface area (Å²) < 4.78 is 18.1. The van der Waals surface area contributed by atoms with Gasteiger partial charge in [-0.15, -0.1) is 0 Å². The van der Waals surface area contributed by atoms with Crippen LogP contribution in [0.2, 0.25) is 0 Å². The number of carbonyl (C=O) groups excluding carboxylic acids is 1. The zero-order valence-electron chi connectivity index (χ0n) is 16.6. The van der Waals surface area contributed by atoms with Gasteiger partial charge in [-0.3, -0.25) is 4.79 Å². The van der Waals surface area contributed by atoms with Crippen LogP contribution in [0.3, 0.4) is 0 Å². The number of carbonyl (C=O) groups is 1. The number of amides is 1. The number of ether oxygens (including phenoxy) is 2. The van der Waals surface area contributed by atoms with E-state index in [4.69, 9.17) is 14.0 Å². The summed E-state index contributed by atoms with van der Waals surface area (Å²) in [5, 5.41) is 11.2. The van der Waals surface area contributed by atoms with E-state index in [0.29, 0.717) is 28.6 Å². The van der Waals surface area contributed by atoms with Gasteiger partial charge in [-0.25, -0.2) is 4.68 Å². The van der Waals surface area contributed by atoms with Gasteiger partial charge in [0.25, 0.3) is 5.91 Å². The fourth-order valence-electron chi connectivity index (χ4n) is 2.81. The second-order valence-corrected chi connectivity index (χ2v) is 6.67. The predicted octanol–water partition coefficient (Wildman–Crippen LogP) is 3.91. The predicted molar refractivity (Wildman–Crippen MR) is 104 cm³/mol. The van der Waals surface area contributed by atoms with Gasteiger partial charge < -0.3 is 19.3 Å². The Kier molecular flexibility index (Phi) is 5.67. The molecule has 0 spiro atoms. The van der Waals surface area contributed by atoms with Gasteiger partial charge in [0.05, 0.1) is 18.4 Å². The SMILES string of the molecule is COc1ccccc1OCc1c(C(=O)Nc2cc(C)nn2C(C)C)noc1C. The zero-order chi connectivity index (χ0) is 20.3. The average Bonchev–Trinajstić information content (AvgIpc) is 3.22. The van der Waals surface area contributed by atoms with E-state index in [-0.39, 0.29) is 24.2 Å². The van der Waals surface area contributed by atoms with Crippen LogP contribution >= 0.6 is 0 Å². The normalized spacial score (nSPS) is 10.9. The van der Waals surface area contributed by atoms with E-state index < -0.39 is 0 Å². The van der Waals surface area contributed by atoms with Crippen LogP contribution in [-0.4, -0.2) is 28.0 Å². The molecule has 0 aliphatic rings. The maximum Gasteiger partial charge on any atom is 0.279 e. The maximum absolute atomic E-state index is 12.8. The molecule has 1 amide bonds. The Labute approximate surface area is 163 Å². The second kappa shape index (κ2) is 8.16. The Morgan fingerprint density at radius 1 is 1.25 bits per heavy atom. The maximum atomic E-state index is 12.8. The Hall–Kier alpha value is -3.29. The van der Waals surface area contributed by atoms with Crippen molar-refractivity contribution in [3.05, 3.63) is 53.0 Å². The smallest absolute Gasteiger partial charge is 0.279 e. The monoisotopic (exact) mass is 384 g/mol. The third-order valence-corrected chi connectivity index (χ3v) is 4.23. The Balaban J connectivity index is 1.80. The van der Waals surface area contributed by atoms with Crippen LogP contribution < -0.4 is 14.8 Å². The molecule has 0 atom stereocenters. The summed E-state index contributed by atoms with van der Waals surface area (Å²) in [6.45, 7) is 7.74. The molecule has 0 unspecified atom stereocenters. The van der Waals surface area contributed by atoms with Crippen molar-refractivity contribution < 1.29 is 18.8 Å².